The molecule has 2 heterocycles. The van der Waals surface area contributed by atoms with Gasteiger partial charge in [0.05, 0.1) is 16.6 Å². The molecule has 1 unspecified atom stereocenters. The standard InChI is InChI=1S/C14H16N2OS2/c17-11(7-10-9-18-6-5-15-10)8-14-16-12-3-1-2-4-13(12)19-14/h1-4,10,15H,5-9H2. The van der Waals surface area contributed by atoms with Gasteiger partial charge in [0, 0.05) is 30.5 Å². The fourth-order valence-electron chi connectivity index (χ4n) is 2.26. The van der Waals surface area contributed by atoms with Crippen molar-refractivity contribution in [2.45, 2.75) is 18.9 Å². The molecule has 2 aromatic rings. The average Bonchev–Trinajstić information content (AvgIpc) is 2.81. The highest BCUT2D eigenvalue weighted by atomic mass is 32.2. The van der Waals surface area contributed by atoms with Crippen molar-refractivity contribution in [3.05, 3.63) is 29.3 Å². The number of para-hydroxylation sites is 1. The molecule has 1 aliphatic rings. The first-order chi connectivity index (χ1) is 9.31. The second-order valence-electron chi connectivity index (χ2n) is 4.72. The number of ketones is 1. The SMILES string of the molecule is O=C(Cc1nc2ccccc2s1)CC1CSCCN1. The quantitative estimate of drug-likeness (QED) is 0.940. The second-order valence-corrected chi connectivity index (χ2v) is 6.99. The third kappa shape index (κ3) is 3.35. The fourth-order valence-corrected chi connectivity index (χ4v) is 4.21. The maximum Gasteiger partial charge on any atom is 0.141 e. The summed E-state index contributed by atoms with van der Waals surface area (Å²) in [5.41, 5.74) is 1.00. The lowest BCUT2D eigenvalue weighted by molar-refractivity contribution is -0.118. The molecule has 3 rings (SSSR count). The fraction of sp³-hybridized carbons (Fsp3) is 0.429. The van der Waals surface area contributed by atoms with E-state index in [-0.39, 0.29) is 0 Å². The Hall–Kier alpha value is -0.910. The van der Waals surface area contributed by atoms with Gasteiger partial charge in [0.1, 0.15) is 10.8 Å². The molecule has 1 fully saturated rings. The highest BCUT2D eigenvalue weighted by molar-refractivity contribution is 7.99. The first kappa shape index (κ1) is 13.1. The Kier molecular flexibility index (Phi) is 4.15. The number of nitrogens with zero attached hydrogens (tertiary/aromatic N) is 1. The predicted octanol–water partition coefficient (Wildman–Crippen LogP) is 2.50. The Labute approximate surface area is 120 Å². The van der Waals surface area contributed by atoms with Gasteiger partial charge in [-0.15, -0.1) is 11.3 Å². The minimum Gasteiger partial charge on any atom is -0.312 e. The molecule has 1 saturated heterocycles. The molecule has 1 aromatic carbocycles. The molecule has 0 bridgehead atoms. The maximum absolute atomic E-state index is 12.1. The molecule has 1 aliphatic heterocycles. The summed E-state index contributed by atoms with van der Waals surface area (Å²) in [5.74, 6) is 2.49. The van der Waals surface area contributed by atoms with Crippen LogP contribution in [0.15, 0.2) is 24.3 Å². The molecule has 100 valence electrons. The van der Waals surface area contributed by atoms with Crippen LogP contribution in [0.2, 0.25) is 0 Å². The van der Waals surface area contributed by atoms with Gasteiger partial charge in [-0.2, -0.15) is 11.8 Å². The van der Waals surface area contributed by atoms with Crippen LogP contribution in [0.4, 0.5) is 0 Å². The molecule has 1 aromatic heterocycles. The van der Waals surface area contributed by atoms with E-state index < -0.39 is 0 Å². The summed E-state index contributed by atoms with van der Waals surface area (Å²) >= 11 is 3.56. The van der Waals surface area contributed by atoms with Crippen LogP contribution < -0.4 is 5.32 Å². The van der Waals surface area contributed by atoms with Gasteiger partial charge in [-0.1, -0.05) is 12.1 Å². The van der Waals surface area contributed by atoms with Gasteiger partial charge in [-0.05, 0) is 12.1 Å². The van der Waals surface area contributed by atoms with Gasteiger partial charge in [0.25, 0.3) is 0 Å². The molecule has 1 N–H and O–H groups in total. The summed E-state index contributed by atoms with van der Waals surface area (Å²) in [6, 6.07) is 8.39. The van der Waals surface area contributed by atoms with Crippen LogP contribution in [-0.2, 0) is 11.2 Å². The molecular formula is C14H16N2OS2. The Bertz CT molecular complexity index is 543. The topological polar surface area (TPSA) is 42.0 Å². The van der Waals surface area contributed by atoms with E-state index in [2.05, 4.69) is 16.4 Å². The van der Waals surface area contributed by atoms with Gasteiger partial charge in [-0.25, -0.2) is 4.98 Å². The van der Waals surface area contributed by atoms with Crippen LogP contribution in [0.5, 0.6) is 0 Å². The normalized spacial score (nSPS) is 19.7. The zero-order chi connectivity index (χ0) is 13.1. The highest BCUT2D eigenvalue weighted by Gasteiger charge is 2.17. The van der Waals surface area contributed by atoms with E-state index >= 15 is 0 Å². The largest absolute Gasteiger partial charge is 0.312 e. The number of benzene rings is 1. The van der Waals surface area contributed by atoms with Crippen LogP contribution in [0, 0.1) is 0 Å². The van der Waals surface area contributed by atoms with Crippen molar-refractivity contribution in [1.82, 2.24) is 10.3 Å². The van der Waals surface area contributed by atoms with E-state index in [0.29, 0.717) is 24.7 Å². The molecule has 0 spiro atoms. The van der Waals surface area contributed by atoms with E-state index in [4.69, 9.17) is 0 Å². The Morgan fingerprint density at radius 3 is 3.11 bits per heavy atom. The molecule has 5 heteroatoms. The number of thioether (sulfide) groups is 1. The van der Waals surface area contributed by atoms with Crippen LogP contribution in [0.25, 0.3) is 10.2 Å². The van der Waals surface area contributed by atoms with Crippen molar-refractivity contribution in [1.29, 1.82) is 0 Å². The van der Waals surface area contributed by atoms with E-state index in [9.17, 15) is 4.79 Å². The minimum atomic E-state index is 0.291. The van der Waals surface area contributed by atoms with Gasteiger partial charge in [0.2, 0.25) is 0 Å². The molecule has 3 nitrogen and oxygen atoms in total. The zero-order valence-electron chi connectivity index (χ0n) is 10.6. The number of hydrogen-bond donors (Lipinski definition) is 1. The average molecular weight is 292 g/mol. The molecule has 0 aliphatic carbocycles. The van der Waals surface area contributed by atoms with Gasteiger partial charge >= 0.3 is 0 Å². The van der Waals surface area contributed by atoms with Gasteiger partial charge < -0.3 is 5.32 Å². The van der Waals surface area contributed by atoms with E-state index in [1.807, 2.05) is 30.0 Å². The third-order valence-electron chi connectivity index (χ3n) is 3.16. The van der Waals surface area contributed by atoms with Crippen LogP contribution in [0.3, 0.4) is 0 Å². The third-order valence-corrected chi connectivity index (χ3v) is 5.33. The lowest BCUT2D eigenvalue weighted by atomic mass is 10.1. The van der Waals surface area contributed by atoms with Crippen LogP contribution in [0.1, 0.15) is 11.4 Å². The maximum atomic E-state index is 12.1. The van der Waals surface area contributed by atoms with Crippen molar-refractivity contribution < 1.29 is 4.79 Å². The lowest BCUT2D eigenvalue weighted by Crippen LogP contribution is -2.39. The molecule has 0 amide bonds. The van der Waals surface area contributed by atoms with Crippen molar-refractivity contribution in [2.24, 2.45) is 0 Å². The summed E-state index contributed by atoms with van der Waals surface area (Å²) in [5, 5.41) is 4.34. The first-order valence-corrected chi connectivity index (χ1v) is 8.45. The summed E-state index contributed by atoms with van der Waals surface area (Å²) < 4.78 is 1.16. The van der Waals surface area contributed by atoms with E-state index in [1.165, 1.54) is 0 Å². The number of fused-ring (bicyclic) bond motifs is 1. The number of nitrogens with one attached hydrogen (secondary N) is 1. The number of aromatic nitrogens is 1. The molecule has 0 saturated carbocycles. The number of hydrogen-bond acceptors (Lipinski definition) is 5. The predicted molar refractivity (Wildman–Crippen MR) is 82.1 cm³/mol. The Balaban J connectivity index is 1.62. The number of thiazole rings is 1. The summed E-state index contributed by atoms with van der Waals surface area (Å²) in [4.78, 5) is 16.6. The van der Waals surface area contributed by atoms with Crippen molar-refractivity contribution in [3.8, 4) is 0 Å². The highest BCUT2D eigenvalue weighted by Crippen LogP contribution is 2.22. The van der Waals surface area contributed by atoms with Crippen molar-refractivity contribution in [2.75, 3.05) is 18.1 Å². The minimum absolute atomic E-state index is 0.291. The number of Topliss-reactive ketones (excluding diaryl/α,β-unsaturated/α-hetero) is 1. The smallest absolute Gasteiger partial charge is 0.141 e. The number of carbonyl (C=O) groups excluding carboxylic acids is 1. The first-order valence-electron chi connectivity index (χ1n) is 6.48. The van der Waals surface area contributed by atoms with E-state index in [0.717, 1.165) is 33.3 Å². The van der Waals surface area contributed by atoms with Gasteiger partial charge in [0.15, 0.2) is 0 Å². The van der Waals surface area contributed by atoms with Crippen molar-refractivity contribution in [3.63, 3.8) is 0 Å². The summed E-state index contributed by atoms with van der Waals surface area (Å²) in [7, 11) is 0. The Morgan fingerprint density at radius 1 is 1.42 bits per heavy atom. The molecular weight excluding hydrogens is 276 g/mol. The van der Waals surface area contributed by atoms with E-state index in [1.54, 1.807) is 11.3 Å². The van der Waals surface area contributed by atoms with Crippen LogP contribution >= 0.6 is 23.1 Å². The summed E-state index contributed by atoms with van der Waals surface area (Å²) in [6.07, 6.45) is 1.10. The second kappa shape index (κ2) is 6.03. The van der Waals surface area contributed by atoms with Crippen LogP contribution in [-0.4, -0.2) is 34.9 Å². The molecule has 0 radical (unpaired) electrons. The lowest BCUT2D eigenvalue weighted by Gasteiger charge is -2.22. The van der Waals surface area contributed by atoms with Crippen molar-refractivity contribution >= 4 is 39.1 Å². The summed E-state index contributed by atoms with van der Waals surface area (Å²) in [6.45, 7) is 1.02. The Morgan fingerprint density at radius 2 is 2.32 bits per heavy atom. The van der Waals surface area contributed by atoms with Gasteiger partial charge in [-0.3, -0.25) is 4.79 Å². The zero-order valence-corrected chi connectivity index (χ0v) is 12.2. The molecule has 1 atom stereocenters. The number of carbonyl (C=O) groups is 1. The number of rotatable bonds is 4. The molecule has 19 heavy (non-hydrogen) atoms. The monoisotopic (exact) mass is 292 g/mol.